The van der Waals surface area contributed by atoms with Gasteiger partial charge < -0.3 is 14.9 Å². The monoisotopic (exact) mass is 350 g/mol. The highest BCUT2D eigenvalue weighted by molar-refractivity contribution is 5.63. The third kappa shape index (κ3) is 3.98. The summed E-state index contributed by atoms with van der Waals surface area (Å²) >= 11 is 0. The Labute approximate surface area is 147 Å². The lowest BCUT2D eigenvalue weighted by molar-refractivity contribution is -0.385. The highest BCUT2D eigenvalue weighted by atomic mass is 16.6. The Bertz CT molecular complexity index is 612. The van der Waals surface area contributed by atoms with E-state index in [1.165, 1.54) is 0 Å². The van der Waals surface area contributed by atoms with Gasteiger partial charge in [-0.15, -0.1) is 0 Å². The van der Waals surface area contributed by atoms with E-state index in [0.29, 0.717) is 24.0 Å². The van der Waals surface area contributed by atoms with Gasteiger partial charge in [-0.05, 0) is 26.2 Å². The molecule has 0 spiro atoms. The highest BCUT2D eigenvalue weighted by Crippen LogP contribution is 2.32. The zero-order valence-corrected chi connectivity index (χ0v) is 14.7. The molecule has 1 aromatic heterocycles. The standard InChI is InChI=1S/C16H26N6O3/c1-13-14(22(24)25)15(20-5-3-2-4-6-20)18-16(17-13)21-9-7-19(8-10-21)11-12-23/h23H,2-12H2,1H3. The van der Waals surface area contributed by atoms with Crippen molar-refractivity contribution in [3.05, 3.63) is 15.8 Å². The van der Waals surface area contributed by atoms with Crippen molar-refractivity contribution in [2.24, 2.45) is 0 Å². The second-order valence-corrected chi connectivity index (χ2v) is 6.64. The summed E-state index contributed by atoms with van der Waals surface area (Å²) in [5.41, 5.74) is 0.456. The average Bonchev–Trinajstić information content (AvgIpc) is 2.62. The number of hydrogen-bond acceptors (Lipinski definition) is 8. The summed E-state index contributed by atoms with van der Waals surface area (Å²) in [6.45, 7) is 7.32. The molecule has 0 unspecified atom stereocenters. The van der Waals surface area contributed by atoms with Gasteiger partial charge in [0.15, 0.2) is 0 Å². The molecule has 2 aliphatic heterocycles. The molecule has 0 aliphatic carbocycles. The van der Waals surface area contributed by atoms with E-state index in [4.69, 9.17) is 5.11 Å². The minimum Gasteiger partial charge on any atom is -0.395 e. The highest BCUT2D eigenvalue weighted by Gasteiger charge is 2.29. The molecular weight excluding hydrogens is 324 g/mol. The molecule has 2 saturated heterocycles. The Morgan fingerprint density at radius 2 is 1.72 bits per heavy atom. The second-order valence-electron chi connectivity index (χ2n) is 6.64. The van der Waals surface area contributed by atoms with E-state index in [-0.39, 0.29) is 17.2 Å². The summed E-state index contributed by atoms with van der Waals surface area (Å²) in [7, 11) is 0. The molecule has 0 atom stereocenters. The van der Waals surface area contributed by atoms with Gasteiger partial charge in [-0.2, -0.15) is 4.98 Å². The molecule has 0 aromatic carbocycles. The third-order valence-electron chi connectivity index (χ3n) is 4.94. The van der Waals surface area contributed by atoms with Gasteiger partial charge in [0.05, 0.1) is 11.5 Å². The summed E-state index contributed by atoms with van der Waals surface area (Å²) in [6, 6.07) is 0. The number of nitro groups is 1. The first-order chi connectivity index (χ1) is 12.1. The van der Waals surface area contributed by atoms with E-state index >= 15 is 0 Å². The van der Waals surface area contributed by atoms with Gasteiger partial charge in [0, 0.05) is 45.8 Å². The van der Waals surface area contributed by atoms with Crippen molar-refractivity contribution in [3.8, 4) is 0 Å². The molecule has 0 bridgehead atoms. The van der Waals surface area contributed by atoms with Crippen LogP contribution in [0.5, 0.6) is 0 Å². The first kappa shape index (κ1) is 17.8. The van der Waals surface area contributed by atoms with Gasteiger partial charge in [0.1, 0.15) is 5.69 Å². The number of hydrogen-bond donors (Lipinski definition) is 1. The Morgan fingerprint density at radius 3 is 2.32 bits per heavy atom. The lowest BCUT2D eigenvalue weighted by Gasteiger charge is -2.35. The molecule has 1 N–H and O–H groups in total. The average molecular weight is 350 g/mol. The lowest BCUT2D eigenvalue weighted by Crippen LogP contribution is -2.48. The number of aliphatic hydroxyl groups excluding tert-OH is 1. The third-order valence-corrected chi connectivity index (χ3v) is 4.94. The van der Waals surface area contributed by atoms with Gasteiger partial charge in [0.25, 0.3) is 0 Å². The van der Waals surface area contributed by atoms with Crippen LogP contribution in [0, 0.1) is 17.0 Å². The number of β-amino-alcohol motifs (C(OH)–C–C–N with tert-alkyl or cyclic N) is 1. The molecule has 3 heterocycles. The molecule has 0 saturated carbocycles. The van der Waals surface area contributed by atoms with Crippen molar-refractivity contribution >= 4 is 17.5 Å². The summed E-state index contributed by atoms with van der Waals surface area (Å²) in [5, 5.41) is 20.6. The van der Waals surface area contributed by atoms with E-state index in [9.17, 15) is 10.1 Å². The molecule has 2 fully saturated rings. The quantitative estimate of drug-likeness (QED) is 0.615. The van der Waals surface area contributed by atoms with E-state index in [1.54, 1.807) is 6.92 Å². The van der Waals surface area contributed by atoms with E-state index < -0.39 is 0 Å². The number of aryl methyl sites for hydroxylation is 1. The molecule has 25 heavy (non-hydrogen) atoms. The number of aromatic nitrogens is 2. The summed E-state index contributed by atoms with van der Waals surface area (Å²) in [6.07, 6.45) is 3.23. The molecule has 3 rings (SSSR count). The van der Waals surface area contributed by atoms with E-state index in [1.807, 2.05) is 4.90 Å². The van der Waals surface area contributed by atoms with Crippen molar-refractivity contribution in [2.75, 3.05) is 62.2 Å². The van der Waals surface area contributed by atoms with Crippen LogP contribution in [0.3, 0.4) is 0 Å². The molecule has 138 valence electrons. The Morgan fingerprint density at radius 1 is 1.04 bits per heavy atom. The fourth-order valence-electron chi connectivity index (χ4n) is 3.53. The van der Waals surface area contributed by atoms with Crippen molar-refractivity contribution in [2.45, 2.75) is 26.2 Å². The summed E-state index contributed by atoms with van der Waals surface area (Å²) < 4.78 is 0. The zero-order valence-electron chi connectivity index (χ0n) is 14.7. The van der Waals surface area contributed by atoms with Crippen molar-refractivity contribution < 1.29 is 10.0 Å². The number of piperidine rings is 1. The van der Waals surface area contributed by atoms with Gasteiger partial charge in [-0.3, -0.25) is 15.0 Å². The lowest BCUT2D eigenvalue weighted by atomic mass is 10.1. The fraction of sp³-hybridized carbons (Fsp3) is 0.750. The van der Waals surface area contributed by atoms with Crippen LogP contribution >= 0.6 is 0 Å². The largest absolute Gasteiger partial charge is 0.395 e. The molecule has 0 radical (unpaired) electrons. The molecule has 2 aliphatic rings. The number of anilines is 2. The molecular formula is C16H26N6O3. The maximum Gasteiger partial charge on any atom is 0.332 e. The van der Waals surface area contributed by atoms with Crippen LogP contribution in [0.4, 0.5) is 17.5 Å². The minimum atomic E-state index is -0.359. The van der Waals surface area contributed by atoms with Crippen LogP contribution in [0.15, 0.2) is 0 Å². The summed E-state index contributed by atoms with van der Waals surface area (Å²) in [4.78, 5) is 26.5. The van der Waals surface area contributed by atoms with Gasteiger partial charge in [0.2, 0.25) is 11.8 Å². The Balaban J connectivity index is 1.85. The Kier molecular flexibility index (Phi) is 5.64. The smallest absolute Gasteiger partial charge is 0.332 e. The van der Waals surface area contributed by atoms with Crippen LogP contribution < -0.4 is 9.80 Å². The molecule has 9 nitrogen and oxygen atoms in total. The maximum absolute atomic E-state index is 11.5. The van der Waals surface area contributed by atoms with E-state index in [2.05, 4.69) is 19.8 Å². The van der Waals surface area contributed by atoms with Crippen LogP contribution in [0.1, 0.15) is 25.0 Å². The van der Waals surface area contributed by atoms with Crippen molar-refractivity contribution in [3.63, 3.8) is 0 Å². The number of nitrogens with zero attached hydrogens (tertiary/aromatic N) is 6. The maximum atomic E-state index is 11.5. The Hall–Kier alpha value is -2.00. The van der Waals surface area contributed by atoms with Gasteiger partial charge in [-0.1, -0.05) is 0 Å². The van der Waals surface area contributed by atoms with Crippen molar-refractivity contribution in [1.82, 2.24) is 14.9 Å². The predicted molar refractivity (Wildman–Crippen MR) is 95.2 cm³/mol. The molecule has 9 heteroatoms. The van der Waals surface area contributed by atoms with Gasteiger partial charge in [-0.25, -0.2) is 4.98 Å². The first-order valence-corrected chi connectivity index (χ1v) is 8.96. The van der Waals surface area contributed by atoms with Crippen LogP contribution in [0.2, 0.25) is 0 Å². The first-order valence-electron chi connectivity index (χ1n) is 8.96. The molecule has 1 aromatic rings. The van der Waals surface area contributed by atoms with Crippen LogP contribution in [-0.4, -0.2) is 77.3 Å². The fourth-order valence-corrected chi connectivity index (χ4v) is 3.53. The topological polar surface area (TPSA) is 98.9 Å². The SMILES string of the molecule is Cc1nc(N2CCN(CCO)CC2)nc(N2CCCCC2)c1[N+](=O)[O-]. The minimum absolute atomic E-state index is 0.0320. The number of rotatable bonds is 5. The van der Waals surface area contributed by atoms with Crippen molar-refractivity contribution in [1.29, 1.82) is 0 Å². The predicted octanol–water partition coefficient (Wildman–Crippen LogP) is 0.798. The number of aliphatic hydroxyl groups is 1. The number of piperazine rings is 1. The van der Waals surface area contributed by atoms with Gasteiger partial charge >= 0.3 is 5.69 Å². The summed E-state index contributed by atoms with van der Waals surface area (Å²) in [5.74, 6) is 1.04. The van der Waals surface area contributed by atoms with Crippen LogP contribution in [0.25, 0.3) is 0 Å². The van der Waals surface area contributed by atoms with E-state index in [0.717, 1.165) is 58.5 Å². The second kappa shape index (κ2) is 7.92. The van der Waals surface area contributed by atoms with Crippen LogP contribution in [-0.2, 0) is 0 Å². The zero-order chi connectivity index (χ0) is 17.8. The normalized spacial score (nSPS) is 19.3. The molecule has 0 amide bonds.